The highest BCUT2D eigenvalue weighted by molar-refractivity contribution is 5.94. The smallest absolute Gasteiger partial charge is 0.251 e. The molecule has 1 atom stereocenters. The molecule has 1 unspecified atom stereocenters. The van der Waals surface area contributed by atoms with Crippen molar-refractivity contribution in [3.63, 3.8) is 0 Å². The van der Waals surface area contributed by atoms with Gasteiger partial charge >= 0.3 is 0 Å². The number of nitrogens with zero attached hydrogens (tertiary/aromatic N) is 3. The molecule has 0 radical (unpaired) electrons. The molecular formula is C19H26N4O2. The van der Waals surface area contributed by atoms with Crippen molar-refractivity contribution < 1.29 is 9.53 Å². The van der Waals surface area contributed by atoms with E-state index in [1.165, 1.54) is 0 Å². The molecule has 0 saturated heterocycles. The first kappa shape index (κ1) is 17.5. The van der Waals surface area contributed by atoms with Gasteiger partial charge in [-0.25, -0.2) is 0 Å². The number of aromatic nitrogens is 3. The lowest BCUT2D eigenvalue weighted by Crippen LogP contribution is -2.28. The second kappa shape index (κ2) is 7.68. The first-order valence-electron chi connectivity index (χ1n) is 9.00. The molecule has 3 rings (SSSR count). The topological polar surface area (TPSA) is 69.0 Å². The molecule has 1 aromatic carbocycles. The lowest BCUT2D eigenvalue weighted by molar-refractivity contribution is 0.0937. The Balaban J connectivity index is 1.57. The van der Waals surface area contributed by atoms with E-state index in [2.05, 4.69) is 33.9 Å². The Kier molecular flexibility index (Phi) is 5.36. The van der Waals surface area contributed by atoms with Gasteiger partial charge in [-0.3, -0.25) is 4.79 Å². The van der Waals surface area contributed by atoms with Crippen LogP contribution in [0.3, 0.4) is 0 Å². The summed E-state index contributed by atoms with van der Waals surface area (Å²) in [5.74, 6) is 3.13. The van der Waals surface area contributed by atoms with Crippen LogP contribution >= 0.6 is 0 Å². The van der Waals surface area contributed by atoms with Gasteiger partial charge < -0.3 is 14.6 Å². The van der Waals surface area contributed by atoms with Gasteiger partial charge in [-0.05, 0) is 49.9 Å². The third-order valence-electron chi connectivity index (χ3n) is 4.45. The second-order valence-electron chi connectivity index (χ2n) is 6.98. The Morgan fingerprint density at radius 2 is 2.00 bits per heavy atom. The molecule has 1 aliphatic heterocycles. The fraction of sp³-hybridized carbons (Fsp3) is 0.526. The lowest BCUT2D eigenvalue weighted by atomic mass is 10.1. The summed E-state index contributed by atoms with van der Waals surface area (Å²) in [5.41, 5.74) is 0.615. The molecule has 0 spiro atoms. The lowest BCUT2D eigenvalue weighted by Gasteiger charge is -2.14. The zero-order chi connectivity index (χ0) is 17.8. The van der Waals surface area contributed by atoms with Gasteiger partial charge in [-0.1, -0.05) is 13.8 Å². The summed E-state index contributed by atoms with van der Waals surface area (Å²) in [7, 11) is 0. The highest BCUT2D eigenvalue weighted by Gasteiger charge is 2.22. The number of amides is 1. The summed E-state index contributed by atoms with van der Waals surface area (Å²) in [5, 5.41) is 11.4. The summed E-state index contributed by atoms with van der Waals surface area (Å²) < 4.78 is 7.80. The maximum atomic E-state index is 12.5. The van der Waals surface area contributed by atoms with Gasteiger partial charge in [0.15, 0.2) is 5.82 Å². The molecule has 1 aromatic heterocycles. The number of ether oxygens (including phenoxy) is 1. The number of hydrogen-bond acceptors (Lipinski definition) is 4. The van der Waals surface area contributed by atoms with Crippen LogP contribution in [0.5, 0.6) is 5.75 Å². The largest absolute Gasteiger partial charge is 0.494 e. The van der Waals surface area contributed by atoms with Gasteiger partial charge in [0.05, 0.1) is 12.6 Å². The normalized spacial score (nSPS) is 14.4. The molecular weight excluding hydrogens is 316 g/mol. The number of hydrogen-bond donors (Lipinski definition) is 1. The third-order valence-corrected chi connectivity index (χ3v) is 4.45. The number of carbonyl (C=O) groups is 1. The molecule has 6 nitrogen and oxygen atoms in total. The molecule has 1 amide bonds. The summed E-state index contributed by atoms with van der Waals surface area (Å²) in [6.45, 7) is 7.90. The number of aryl methyl sites for hydroxylation is 1. The first-order valence-corrected chi connectivity index (χ1v) is 9.00. The van der Waals surface area contributed by atoms with Gasteiger partial charge in [0, 0.05) is 18.5 Å². The van der Waals surface area contributed by atoms with Crippen LogP contribution in [-0.4, -0.2) is 27.3 Å². The van der Waals surface area contributed by atoms with Crippen molar-refractivity contribution >= 4 is 5.91 Å². The number of benzene rings is 1. The van der Waals surface area contributed by atoms with E-state index in [9.17, 15) is 4.79 Å². The molecule has 1 aliphatic rings. The van der Waals surface area contributed by atoms with Crippen LogP contribution < -0.4 is 10.1 Å². The molecule has 2 aromatic rings. The van der Waals surface area contributed by atoms with Crippen molar-refractivity contribution in [2.45, 2.75) is 52.6 Å². The average Bonchev–Trinajstić information content (AvgIpc) is 3.18. The van der Waals surface area contributed by atoms with Crippen molar-refractivity contribution in [1.29, 1.82) is 0 Å². The van der Waals surface area contributed by atoms with Crippen molar-refractivity contribution in [1.82, 2.24) is 20.1 Å². The summed E-state index contributed by atoms with van der Waals surface area (Å²) in [6, 6.07) is 7.10. The van der Waals surface area contributed by atoms with E-state index >= 15 is 0 Å². The minimum absolute atomic E-state index is 0.114. The molecule has 6 heteroatoms. The van der Waals surface area contributed by atoms with E-state index in [1.54, 1.807) is 12.1 Å². The van der Waals surface area contributed by atoms with Crippen LogP contribution in [-0.2, 0) is 13.0 Å². The number of nitrogens with one attached hydrogen (secondary N) is 1. The molecule has 0 fully saturated rings. The van der Waals surface area contributed by atoms with Crippen molar-refractivity contribution in [2.24, 2.45) is 5.92 Å². The summed E-state index contributed by atoms with van der Waals surface area (Å²) in [4.78, 5) is 12.5. The van der Waals surface area contributed by atoms with Gasteiger partial charge in [-0.15, -0.1) is 10.2 Å². The maximum Gasteiger partial charge on any atom is 0.251 e. The SMILES string of the molecule is CC(C)CCOc1ccc(C(=O)NC(C)c2nnc3n2CCC3)cc1. The van der Waals surface area contributed by atoms with Crippen LogP contribution in [0.2, 0.25) is 0 Å². The van der Waals surface area contributed by atoms with E-state index in [1.807, 2.05) is 19.1 Å². The van der Waals surface area contributed by atoms with Crippen LogP contribution in [0.1, 0.15) is 61.7 Å². The standard InChI is InChI=1S/C19H26N4O2/c1-13(2)10-12-25-16-8-6-15(7-9-16)19(24)20-14(3)18-22-21-17-5-4-11-23(17)18/h6-9,13-14H,4-5,10-12H2,1-3H3,(H,20,24). The average molecular weight is 342 g/mol. The molecule has 0 saturated carbocycles. The van der Waals surface area contributed by atoms with Gasteiger partial charge in [0.2, 0.25) is 0 Å². The maximum absolute atomic E-state index is 12.5. The van der Waals surface area contributed by atoms with E-state index in [0.29, 0.717) is 18.1 Å². The molecule has 1 N–H and O–H groups in total. The molecule has 0 aliphatic carbocycles. The van der Waals surface area contributed by atoms with E-state index in [-0.39, 0.29) is 11.9 Å². The van der Waals surface area contributed by atoms with Crippen molar-refractivity contribution in [3.05, 3.63) is 41.5 Å². The first-order chi connectivity index (χ1) is 12.0. The Morgan fingerprint density at radius 3 is 2.72 bits per heavy atom. The second-order valence-corrected chi connectivity index (χ2v) is 6.98. The zero-order valence-electron chi connectivity index (χ0n) is 15.2. The van der Waals surface area contributed by atoms with Crippen LogP contribution in [0.15, 0.2) is 24.3 Å². The summed E-state index contributed by atoms with van der Waals surface area (Å²) >= 11 is 0. The van der Waals surface area contributed by atoms with Crippen LogP contribution in [0, 0.1) is 5.92 Å². The molecule has 25 heavy (non-hydrogen) atoms. The monoisotopic (exact) mass is 342 g/mol. The Morgan fingerprint density at radius 1 is 1.24 bits per heavy atom. The fourth-order valence-electron chi connectivity index (χ4n) is 2.95. The minimum atomic E-state index is -0.172. The van der Waals surface area contributed by atoms with Crippen LogP contribution in [0.4, 0.5) is 0 Å². The van der Waals surface area contributed by atoms with E-state index in [4.69, 9.17) is 4.74 Å². The molecule has 134 valence electrons. The Labute approximate surface area is 148 Å². The Bertz CT molecular complexity index is 722. The third kappa shape index (κ3) is 4.18. The number of rotatable bonds is 7. The van der Waals surface area contributed by atoms with Crippen molar-refractivity contribution in [3.8, 4) is 5.75 Å². The number of fused-ring (bicyclic) bond motifs is 1. The minimum Gasteiger partial charge on any atom is -0.494 e. The highest BCUT2D eigenvalue weighted by atomic mass is 16.5. The quantitative estimate of drug-likeness (QED) is 0.839. The molecule has 2 heterocycles. The Hall–Kier alpha value is -2.37. The predicted molar refractivity (Wildman–Crippen MR) is 95.6 cm³/mol. The predicted octanol–water partition coefficient (Wildman–Crippen LogP) is 3.14. The molecule has 0 bridgehead atoms. The highest BCUT2D eigenvalue weighted by Crippen LogP contribution is 2.20. The van der Waals surface area contributed by atoms with Crippen LogP contribution in [0.25, 0.3) is 0 Å². The van der Waals surface area contributed by atoms with Gasteiger partial charge in [0.25, 0.3) is 5.91 Å². The van der Waals surface area contributed by atoms with Gasteiger partial charge in [-0.2, -0.15) is 0 Å². The fourth-order valence-corrected chi connectivity index (χ4v) is 2.95. The van der Waals surface area contributed by atoms with E-state index in [0.717, 1.165) is 43.2 Å². The van der Waals surface area contributed by atoms with E-state index < -0.39 is 0 Å². The summed E-state index contributed by atoms with van der Waals surface area (Å²) in [6.07, 6.45) is 3.07. The zero-order valence-corrected chi connectivity index (χ0v) is 15.2. The van der Waals surface area contributed by atoms with Gasteiger partial charge in [0.1, 0.15) is 11.6 Å². The number of carbonyl (C=O) groups excluding carboxylic acids is 1. The van der Waals surface area contributed by atoms with Crippen molar-refractivity contribution in [2.75, 3.05) is 6.61 Å².